The van der Waals surface area contributed by atoms with Crippen molar-refractivity contribution in [3.63, 3.8) is 0 Å². The Bertz CT molecular complexity index is 434. The molecule has 0 saturated heterocycles. The molecule has 0 radical (unpaired) electrons. The molecule has 0 amide bonds. The number of hydrogen-bond acceptors (Lipinski definition) is 4. The number of hydrogen-bond donors (Lipinski definition) is 1. The molecule has 0 aliphatic heterocycles. The lowest BCUT2D eigenvalue weighted by Crippen LogP contribution is -2.37. The van der Waals surface area contributed by atoms with E-state index in [9.17, 15) is 5.11 Å². The molecular formula is C14H21BrO4. The van der Waals surface area contributed by atoms with Crippen LogP contribution in [0.3, 0.4) is 0 Å². The summed E-state index contributed by atoms with van der Waals surface area (Å²) in [5, 5.41) is 10.9. The monoisotopic (exact) mass is 332 g/mol. The summed E-state index contributed by atoms with van der Waals surface area (Å²) < 4.78 is 16.5. The molecule has 0 bridgehead atoms. The van der Waals surface area contributed by atoms with Crippen LogP contribution in [-0.4, -0.2) is 33.0 Å². The average molecular weight is 333 g/mol. The summed E-state index contributed by atoms with van der Waals surface area (Å²) in [7, 11) is 4.72. The molecule has 1 unspecified atom stereocenters. The lowest BCUT2D eigenvalue weighted by Gasteiger charge is -2.33. The lowest BCUT2D eigenvalue weighted by atomic mass is 9.83. The van der Waals surface area contributed by atoms with E-state index in [0.717, 1.165) is 0 Å². The van der Waals surface area contributed by atoms with Gasteiger partial charge in [-0.3, -0.25) is 0 Å². The summed E-state index contributed by atoms with van der Waals surface area (Å²) in [5.74, 6) is 1.19. The Kier molecular flexibility index (Phi) is 5.64. The predicted octanol–water partition coefficient (Wildman–Crippen LogP) is 2.96. The van der Waals surface area contributed by atoms with Crippen molar-refractivity contribution in [2.75, 3.05) is 27.9 Å². The van der Waals surface area contributed by atoms with Crippen LogP contribution in [0, 0.1) is 5.92 Å². The zero-order valence-electron chi connectivity index (χ0n) is 12.0. The van der Waals surface area contributed by atoms with Gasteiger partial charge in [0, 0.05) is 12.7 Å². The fourth-order valence-corrected chi connectivity index (χ4v) is 2.68. The summed E-state index contributed by atoms with van der Waals surface area (Å²) in [6.07, 6.45) is 0. The van der Waals surface area contributed by atoms with Gasteiger partial charge in [0.15, 0.2) is 0 Å². The zero-order valence-corrected chi connectivity index (χ0v) is 13.6. The van der Waals surface area contributed by atoms with Gasteiger partial charge >= 0.3 is 0 Å². The Labute approximate surface area is 122 Å². The van der Waals surface area contributed by atoms with Crippen LogP contribution in [-0.2, 0) is 10.3 Å². The first-order valence-corrected chi connectivity index (χ1v) is 6.83. The van der Waals surface area contributed by atoms with Crippen molar-refractivity contribution in [3.8, 4) is 11.5 Å². The van der Waals surface area contributed by atoms with Gasteiger partial charge in [-0.15, -0.1) is 0 Å². The molecule has 1 N–H and O–H groups in total. The minimum absolute atomic E-state index is 0.0263. The number of ether oxygens (including phenoxy) is 3. The van der Waals surface area contributed by atoms with E-state index in [-0.39, 0.29) is 12.5 Å². The van der Waals surface area contributed by atoms with Crippen LogP contribution < -0.4 is 9.47 Å². The van der Waals surface area contributed by atoms with Crippen LogP contribution in [0.25, 0.3) is 0 Å². The smallest absolute Gasteiger partial charge is 0.142 e. The first-order chi connectivity index (χ1) is 8.92. The van der Waals surface area contributed by atoms with Crippen molar-refractivity contribution in [2.24, 2.45) is 5.92 Å². The van der Waals surface area contributed by atoms with Crippen molar-refractivity contribution in [2.45, 2.75) is 19.4 Å². The van der Waals surface area contributed by atoms with E-state index in [0.29, 0.717) is 21.5 Å². The normalized spacial score (nSPS) is 14.3. The summed E-state index contributed by atoms with van der Waals surface area (Å²) in [5.41, 5.74) is -0.436. The SMILES string of the molecule is COCC(O)(c1ccc(OC)c(Br)c1OC)C(C)C. The molecule has 0 spiro atoms. The van der Waals surface area contributed by atoms with Gasteiger partial charge in [-0.1, -0.05) is 13.8 Å². The molecule has 0 aliphatic carbocycles. The molecule has 1 rings (SSSR count). The van der Waals surface area contributed by atoms with Gasteiger partial charge in [-0.05, 0) is 34.0 Å². The maximum atomic E-state index is 10.9. The van der Waals surface area contributed by atoms with E-state index in [4.69, 9.17) is 14.2 Å². The van der Waals surface area contributed by atoms with Crippen LogP contribution in [0.1, 0.15) is 19.4 Å². The van der Waals surface area contributed by atoms with Crippen molar-refractivity contribution >= 4 is 15.9 Å². The Balaban J connectivity index is 3.43. The first kappa shape index (κ1) is 16.3. The third kappa shape index (κ3) is 3.04. The van der Waals surface area contributed by atoms with Gasteiger partial charge in [0.2, 0.25) is 0 Å². The number of methoxy groups -OCH3 is 3. The fraction of sp³-hybridized carbons (Fsp3) is 0.571. The molecule has 19 heavy (non-hydrogen) atoms. The molecule has 108 valence electrons. The molecule has 0 aliphatic rings. The van der Waals surface area contributed by atoms with Crippen molar-refractivity contribution < 1.29 is 19.3 Å². The second-order valence-corrected chi connectivity index (χ2v) is 5.47. The van der Waals surface area contributed by atoms with Crippen molar-refractivity contribution in [1.82, 2.24) is 0 Å². The highest BCUT2D eigenvalue weighted by Crippen LogP contribution is 2.43. The second-order valence-electron chi connectivity index (χ2n) is 4.67. The van der Waals surface area contributed by atoms with Crippen molar-refractivity contribution in [1.29, 1.82) is 0 Å². The third-order valence-corrected chi connectivity index (χ3v) is 4.02. The molecule has 0 aromatic heterocycles. The summed E-state index contributed by atoms with van der Waals surface area (Å²) >= 11 is 3.44. The van der Waals surface area contributed by atoms with Crippen LogP contribution >= 0.6 is 15.9 Å². The first-order valence-electron chi connectivity index (χ1n) is 6.04. The Morgan fingerprint density at radius 3 is 2.26 bits per heavy atom. The molecule has 1 aromatic carbocycles. The lowest BCUT2D eigenvalue weighted by molar-refractivity contribution is -0.0713. The predicted molar refractivity (Wildman–Crippen MR) is 77.9 cm³/mol. The van der Waals surface area contributed by atoms with E-state index >= 15 is 0 Å². The average Bonchev–Trinajstić information content (AvgIpc) is 2.38. The van der Waals surface area contributed by atoms with Gasteiger partial charge in [0.25, 0.3) is 0 Å². The van der Waals surface area contributed by atoms with E-state index in [1.54, 1.807) is 33.5 Å². The molecule has 4 nitrogen and oxygen atoms in total. The molecule has 0 saturated carbocycles. The standard InChI is InChI=1S/C14H21BrO4/c1-9(2)14(16,8-17-3)10-6-7-11(18-4)12(15)13(10)19-5/h6-7,9,16H,8H2,1-5H3. The van der Waals surface area contributed by atoms with Gasteiger partial charge in [-0.25, -0.2) is 0 Å². The molecule has 1 aromatic rings. The topological polar surface area (TPSA) is 47.9 Å². The van der Waals surface area contributed by atoms with Crippen LogP contribution in [0.5, 0.6) is 11.5 Å². The van der Waals surface area contributed by atoms with E-state index in [1.807, 2.05) is 13.8 Å². The molecule has 0 fully saturated rings. The number of halogens is 1. The summed E-state index contributed by atoms with van der Waals surface area (Å²) in [6, 6.07) is 3.60. The Morgan fingerprint density at radius 1 is 1.21 bits per heavy atom. The number of rotatable bonds is 6. The molecule has 0 heterocycles. The quantitative estimate of drug-likeness (QED) is 0.870. The third-order valence-electron chi connectivity index (χ3n) is 3.27. The largest absolute Gasteiger partial charge is 0.495 e. The number of aliphatic hydroxyl groups is 1. The van der Waals surface area contributed by atoms with Crippen LogP contribution in [0.2, 0.25) is 0 Å². The zero-order chi connectivity index (χ0) is 14.6. The van der Waals surface area contributed by atoms with Crippen LogP contribution in [0.15, 0.2) is 16.6 Å². The second kappa shape index (κ2) is 6.59. The highest BCUT2D eigenvalue weighted by Gasteiger charge is 2.37. The van der Waals surface area contributed by atoms with Gasteiger partial charge in [0.05, 0.1) is 20.8 Å². The maximum absolute atomic E-state index is 10.9. The Hall–Kier alpha value is -0.780. The van der Waals surface area contributed by atoms with Crippen molar-refractivity contribution in [3.05, 3.63) is 22.2 Å². The maximum Gasteiger partial charge on any atom is 0.142 e. The highest BCUT2D eigenvalue weighted by molar-refractivity contribution is 9.10. The summed E-state index contributed by atoms with van der Waals surface area (Å²) in [6.45, 7) is 4.08. The molecule has 1 atom stereocenters. The fourth-order valence-electron chi connectivity index (χ4n) is 2.01. The minimum Gasteiger partial charge on any atom is -0.495 e. The van der Waals surface area contributed by atoms with Crippen LogP contribution in [0.4, 0.5) is 0 Å². The minimum atomic E-state index is -1.12. The molecular weight excluding hydrogens is 312 g/mol. The van der Waals surface area contributed by atoms with Gasteiger partial charge in [0.1, 0.15) is 21.6 Å². The number of benzene rings is 1. The van der Waals surface area contributed by atoms with E-state index < -0.39 is 5.60 Å². The summed E-state index contributed by atoms with van der Waals surface area (Å²) in [4.78, 5) is 0. The van der Waals surface area contributed by atoms with Gasteiger partial charge in [-0.2, -0.15) is 0 Å². The van der Waals surface area contributed by atoms with E-state index in [2.05, 4.69) is 15.9 Å². The highest BCUT2D eigenvalue weighted by atomic mass is 79.9. The Morgan fingerprint density at radius 2 is 1.84 bits per heavy atom. The van der Waals surface area contributed by atoms with E-state index in [1.165, 1.54) is 0 Å². The van der Waals surface area contributed by atoms with Gasteiger partial charge < -0.3 is 19.3 Å². The molecule has 5 heteroatoms.